The van der Waals surface area contributed by atoms with Gasteiger partial charge in [0, 0.05) is 54.0 Å². The van der Waals surface area contributed by atoms with Gasteiger partial charge in [-0.3, -0.25) is 14.8 Å². The van der Waals surface area contributed by atoms with Gasteiger partial charge in [0.1, 0.15) is 5.82 Å². The fourth-order valence-corrected chi connectivity index (χ4v) is 4.21. The molecule has 8 nitrogen and oxygen atoms in total. The maximum absolute atomic E-state index is 12.4. The lowest BCUT2D eigenvalue weighted by Crippen LogP contribution is -2.24. The molecule has 182 valence electrons. The summed E-state index contributed by atoms with van der Waals surface area (Å²) < 4.78 is 23.6. The summed E-state index contributed by atoms with van der Waals surface area (Å²) in [7, 11) is -3.30. The summed E-state index contributed by atoms with van der Waals surface area (Å²) in [6.45, 7) is 9.82. The van der Waals surface area contributed by atoms with Crippen molar-refractivity contribution in [2.45, 2.75) is 38.6 Å². The largest absolute Gasteiger partial charge is 0.384 e. The number of nitrogens with two attached hydrogens (primary N) is 1. The van der Waals surface area contributed by atoms with Crippen LogP contribution in [0.15, 0.2) is 70.3 Å². The first kappa shape index (κ1) is 25.8. The quantitative estimate of drug-likeness (QED) is 0.366. The molecular formula is C26H29N5O3S. The molecular weight excluding hydrogens is 462 g/mol. The number of rotatable bonds is 8. The summed E-state index contributed by atoms with van der Waals surface area (Å²) in [5.41, 5.74) is 11.1. The minimum atomic E-state index is -3.30. The number of aryl methyl sites for hydroxylation is 2. The molecule has 2 aromatic heterocycles. The van der Waals surface area contributed by atoms with Gasteiger partial charge in [0.2, 0.25) is 5.91 Å². The van der Waals surface area contributed by atoms with E-state index in [1.807, 2.05) is 19.9 Å². The monoisotopic (exact) mass is 491 g/mol. The van der Waals surface area contributed by atoms with E-state index in [1.54, 1.807) is 43.5 Å². The zero-order valence-corrected chi connectivity index (χ0v) is 21.1. The predicted molar refractivity (Wildman–Crippen MR) is 140 cm³/mol. The number of pyridine rings is 2. The first-order valence-electron chi connectivity index (χ1n) is 10.9. The number of nitrogens with zero attached hydrogens (tertiary/aromatic N) is 3. The average Bonchev–Trinajstić information content (AvgIpc) is 2.77. The van der Waals surface area contributed by atoms with Crippen LogP contribution in [0.2, 0.25) is 0 Å². The van der Waals surface area contributed by atoms with Crippen LogP contribution in [0.5, 0.6) is 0 Å². The van der Waals surface area contributed by atoms with Gasteiger partial charge in [-0.2, -0.15) is 0 Å². The van der Waals surface area contributed by atoms with Gasteiger partial charge in [0.25, 0.3) is 0 Å². The second kappa shape index (κ2) is 10.6. The number of anilines is 1. The maximum atomic E-state index is 12.4. The smallest absolute Gasteiger partial charge is 0.247 e. The fraction of sp³-hybridized carbons (Fsp3) is 0.231. The molecule has 1 amide bonds. The summed E-state index contributed by atoms with van der Waals surface area (Å²) in [5, 5.41) is 3.62. The summed E-state index contributed by atoms with van der Waals surface area (Å²) >= 11 is 0. The zero-order chi connectivity index (χ0) is 25.8. The number of hydrogen-bond donors (Lipinski definition) is 2. The zero-order valence-electron chi connectivity index (χ0n) is 20.3. The third-order valence-corrected chi connectivity index (χ3v) is 6.60. The Morgan fingerprint density at radius 3 is 2.66 bits per heavy atom. The Balaban J connectivity index is 1.61. The minimum Gasteiger partial charge on any atom is -0.384 e. The van der Waals surface area contributed by atoms with Crippen molar-refractivity contribution in [1.29, 1.82) is 0 Å². The molecule has 1 aromatic carbocycles. The molecule has 3 aromatic rings. The van der Waals surface area contributed by atoms with Crippen LogP contribution >= 0.6 is 0 Å². The Hall–Kier alpha value is -3.85. The third-order valence-electron chi connectivity index (χ3n) is 5.49. The number of carbonyl (C=O) groups excluding carboxylic acids is 1. The van der Waals surface area contributed by atoms with E-state index in [0.717, 1.165) is 27.8 Å². The molecule has 0 saturated carbocycles. The number of amides is 1. The van der Waals surface area contributed by atoms with Crippen molar-refractivity contribution in [2.75, 3.05) is 12.0 Å². The first-order chi connectivity index (χ1) is 16.4. The number of fused-ring (bicyclic) bond motifs is 1. The number of allylic oxidation sites excluding steroid dienone is 2. The summed E-state index contributed by atoms with van der Waals surface area (Å²) in [6.07, 6.45) is 6.49. The molecule has 0 spiro atoms. The van der Waals surface area contributed by atoms with E-state index in [9.17, 15) is 13.2 Å². The van der Waals surface area contributed by atoms with Crippen molar-refractivity contribution in [3.05, 3.63) is 82.8 Å². The van der Waals surface area contributed by atoms with Crippen LogP contribution in [0.25, 0.3) is 10.9 Å². The third kappa shape index (κ3) is 6.83. The number of nitrogen functional groups attached to an aromatic ring is 1. The predicted octanol–water partition coefficient (Wildman–Crippen LogP) is 3.62. The topological polar surface area (TPSA) is 127 Å². The van der Waals surface area contributed by atoms with Crippen molar-refractivity contribution < 1.29 is 13.2 Å². The van der Waals surface area contributed by atoms with Crippen LogP contribution in [0.1, 0.15) is 29.3 Å². The van der Waals surface area contributed by atoms with Crippen molar-refractivity contribution in [2.24, 2.45) is 4.99 Å². The summed E-state index contributed by atoms with van der Waals surface area (Å²) in [5.74, 6) is 0.249. The molecule has 2 heterocycles. The van der Waals surface area contributed by atoms with Gasteiger partial charge in [-0.25, -0.2) is 13.4 Å². The van der Waals surface area contributed by atoms with Crippen LogP contribution in [0, 0.1) is 13.8 Å². The normalized spacial score (nSPS) is 12.3. The SMILES string of the molecule is C=C(Cc1cnc2ccc(S(C)(=O)=O)cc2c1)/N=C\C=C(/C)C(=O)NCc1c(C)cc(N)nc1C. The number of benzene rings is 1. The number of aliphatic imine (C=N–C) groups is 1. The van der Waals surface area contributed by atoms with Crippen LogP contribution in [0.4, 0.5) is 5.82 Å². The van der Waals surface area contributed by atoms with E-state index in [-0.39, 0.29) is 10.8 Å². The van der Waals surface area contributed by atoms with Gasteiger partial charge >= 0.3 is 0 Å². The molecule has 0 aliphatic carbocycles. The van der Waals surface area contributed by atoms with E-state index in [2.05, 4.69) is 26.9 Å². The second-order valence-corrected chi connectivity index (χ2v) is 10.5. The van der Waals surface area contributed by atoms with Crippen LogP contribution in [-0.4, -0.2) is 36.8 Å². The fourth-order valence-electron chi connectivity index (χ4n) is 3.56. The molecule has 0 fully saturated rings. The van der Waals surface area contributed by atoms with E-state index in [4.69, 9.17) is 5.73 Å². The highest BCUT2D eigenvalue weighted by molar-refractivity contribution is 7.90. The molecule has 0 bridgehead atoms. The Bertz CT molecular complexity index is 1450. The van der Waals surface area contributed by atoms with Gasteiger partial charge < -0.3 is 11.1 Å². The molecule has 0 aliphatic heterocycles. The highest BCUT2D eigenvalue weighted by Crippen LogP contribution is 2.20. The van der Waals surface area contributed by atoms with Gasteiger partial charge in [0.05, 0.1) is 10.4 Å². The van der Waals surface area contributed by atoms with E-state index >= 15 is 0 Å². The van der Waals surface area contributed by atoms with Gasteiger partial charge in [-0.1, -0.05) is 6.58 Å². The van der Waals surface area contributed by atoms with Crippen LogP contribution < -0.4 is 11.1 Å². The molecule has 9 heteroatoms. The molecule has 35 heavy (non-hydrogen) atoms. The molecule has 0 unspecified atom stereocenters. The molecule has 3 rings (SSSR count). The molecule has 0 saturated heterocycles. The Morgan fingerprint density at radius 2 is 1.97 bits per heavy atom. The van der Waals surface area contributed by atoms with Crippen molar-refractivity contribution in [3.63, 3.8) is 0 Å². The van der Waals surface area contributed by atoms with E-state index in [1.165, 1.54) is 12.5 Å². The Morgan fingerprint density at radius 1 is 1.23 bits per heavy atom. The highest BCUT2D eigenvalue weighted by atomic mass is 32.2. The maximum Gasteiger partial charge on any atom is 0.247 e. The number of carbonyl (C=O) groups is 1. The summed E-state index contributed by atoms with van der Waals surface area (Å²) in [4.78, 5) is 25.6. The standard InChI is InChI=1S/C26H29N5O3S/c1-16(26(32)30-15-23-17(2)10-25(27)31-19(23)4)8-9-28-18(3)11-20-12-21-13-22(35(5,33)34)6-7-24(21)29-14-20/h6-10,12-14H,3,11,15H2,1-2,4-5H3,(H2,27,31)(H,30,32)/b16-8+,28-9-. The summed E-state index contributed by atoms with van der Waals surface area (Å²) in [6, 6.07) is 8.51. The van der Waals surface area contributed by atoms with E-state index in [0.29, 0.717) is 35.6 Å². The second-order valence-electron chi connectivity index (χ2n) is 8.45. The van der Waals surface area contributed by atoms with Crippen LogP contribution in [0.3, 0.4) is 0 Å². The number of nitrogens with one attached hydrogen (secondary N) is 1. The molecule has 3 N–H and O–H groups in total. The number of hydrogen-bond acceptors (Lipinski definition) is 7. The van der Waals surface area contributed by atoms with Gasteiger partial charge in [-0.05, 0) is 73.9 Å². The lowest BCUT2D eigenvalue weighted by Gasteiger charge is -2.11. The van der Waals surface area contributed by atoms with Crippen molar-refractivity contribution in [1.82, 2.24) is 15.3 Å². The van der Waals surface area contributed by atoms with Gasteiger partial charge in [0.15, 0.2) is 9.84 Å². The Kier molecular flexibility index (Phi) is 7.81. The molecule has 0 atom stereocenters. The lowest BCUT2D eigenvalue weighted by molar-refractivity contribution is -0.117. The van der Waals surface area contributed by atoms with Crippen molar-refractivity contribution in [3.8, 4) is 0 Å². The minimum absolute atomic E-state index is 0.210. The average molecular weight is 492 g/mol. The van der Waals surface area contributed by atoms with E-state index < -0.39 is 9.84 Å². The molecule has 0 radical (unpaired) electrons. The number of aromatic nitrogens is 2. The molecule has 0 aliphatic rings. The number of sulfone groups is 1. The lowest BCUT2D eigenvalue weighted by atomic mass is 10.1. The Labute approximate surface area is 205 Å². The highest BCUT2D eigenvalue weighted by Gasteiger charge is 2.10. The van der Waals surface area contributed by atoms with Gasteiger partial charge in [-0.15, -0.1) is 0 Å². The van der Waals surface area contributed by atoms with Crippen molar-refractivity contribution >= 4 is 38.7 Å². The van der Waals surface area contributed by atoms with Crippen LogP contribution in [-0.2, 0) is 27.6 Å². The first-order valence-corrected chi connectivity index (χ1v) is 12.8.